The van der Waals surface area contributed by atoms with Crippen LogP contribution in [0, 0.1) is 0 Å². The summed E-state index contributed by atoms with van der Waals surface area (Å²) in [6, 6.07) is 0. The number of hydrogen-bond acceptors (Lipinski definition) is 8. The molecule has 0 aliphatic heterocycles. The minimum absolute atomic E-state index is 0.0441. The third-order valence-electron chi connectivity index (χ3n) is 8.09. The Kier molecular flexibility index (Phi) is 35.5. The zero-order chi connectivity index (χ0) is 36.1. The first-order valence-corrected chi connectivity index (χ1v) is 21.0. The van der Waals surface area contributed by atoms with Crippen LogP contribution in [-0.2, 0) is 27.9 Å². The van der Waals surface area contributed by atoms with Gasteiger partial charge in [0.05, 0.1) is 26.4 Å². The molecule has 288 valence electrons. The molecule has 0 amide bonds. The molecule has 3 N–H and O–H groups in total. The molecular weight excluding hydrogens is 643 g/mol. The summed E-state index contributed by atoms with van der Waals surface area (Å²) in [5.74, 6) is -0.399. The Morgan fingerprint density at radius 3 is 1.76 bits per heavy atom. The van der Waals surface area contributed by atoms with Crippen molar-refractivity contribution in [2.75, 3.05) is 33.0 Å². The van der Waals surface area contributed by atoms with E-state index in [2.05, 4.69) is 50.3 Å². The van der Waals surface area contributed by atoms with Gasteiger partial charge in [0.25, 0.3) is 0 Å². The predicted octanol–water partition coefficient (Wildman–Crippen LogP) is 10.1. The lowest BCUT2D eigenvalue weighted by atomic mass is 10.0. The van der Waals surface area contributed by atoms with Crippen molar-refractivity contribution in [1.82, 2.24) is 0 Å². The lowest BCUT2D eigenvalue weighted by Crippen LogP contribution is -2.29. The van der Waals surface area contributed by atoms with Crippen molar-refractivity contribution in [2.45, 2.75) is 174 Å². The third-order valence-corrected chi connectivity index (χ3v) is 9.04. The topological polar surface area (TPSA) is 132 Å². The van der Waals surface area contributed by atoms with Crippen LogP contribution >= 0.6 is 7.82 Å². The third kappa shape index (κ3) is 36.3. The van der Waals surface area contributed by atoms with Gasteiger partial charge in [-0.25, -0.2) is 4.57 Å². The minimum atomic E-state index is -4.51. The molecule has 0 aliphatic carbocycles. The zero-order valence-electron chi connectivity index (χ0n) is 31.2. The van der Waals surface area contributed by atoms with Crippen LogP contribution in [0.25, 0.3) is 0 Å². The monoisotopic (exact) mass is 716 g/mol. The molecule has 0 aromatic heterocycles. The molecule has 0 fully saturated rings. The Morgan fingerprint density at radius 2 is 1.16 bits per heavy atom. The summed E-state index contributed by atoms with van der Waals surface area (Å²) in [7, 11) is -4.51. The van der Waals surface area contributed by atoms with E-state index in [9.17, 15) is 19.4 Å². The van der Waals surface area contributed by atoms with Crippen molar-refractivity contribution in [2.24, 2.45) is 0 Å². The number of aliphatic hydroxyl groups excluding tert-OH is 2. The maximum Gasteiger partial charge on any atom is 0.472 e. The lowest BCUT2D eigenvalue weighted by molar-refractivity contribution is -0.154. The number of allylic oxidation sites excluding steroid dienone is 6. The summed E-state index contributed by atoms with van der Waals surface area (Å²) in [6.07, 6.45) is 36.7. The molecule has 0 bridgehead atoms. The van der Waals surface area contributed by atoms with Crippen LogP contribution in [0.5, 0.6) is 0 Å². The van der Waals surface area contributed by atoms with Crippen molar-refractivity contribution in [1.29, 1.82) is 0 Å². The van der Waals surface area contributed by atoms with Gasteiger partial charge in [-0.3, -0.25) is 13.8 Å². The van der Waals surface area contributed by atoms with Gasteiger partial charge in [-0.2, -0.15) is 0 Å². The summed E-state index contributed by atoms with van der Waals surface area (Å²) in [4.78, 5) is 22.5. The first-order chi connectivity index (χ1) is 23.8. The highest BCUT2D eigenvalue weighted by molar-refractivity contribution is 7.47. The summed E-state index contributed by atoms with van der Waals surface area (Å²) in [6.45, 7) is 3.38. The fourth-order valence-corrected chi connectivity index (χ4v) is 5.92. The average molecular weight is 717 g/mol. The number of phosphoric ester groups is 1. The number of carbonyl (C=O) groups excluding carboxylic acids is 1. The molecule has 0 rings (SSSR count). The fourth-order valence-electron chi connectivity index (χ4n) is 5.13. The van der Waals surface area contributed by atoms with Crippen molar-refractivity contribution < 1.29 is 43.0 Å². The van der Waals surface area contributed by atoms with Crippen LogP contribution in [0.3, 0.4) is 0 Å². The maximum atomic E-state index is 12.6. The largest absolute Gasteiger partial charge is 0.472 e. The quantitative estimate of drug-likeness (QED) is 0.0249. The number of esters is 1. The molecule has 3 unspecified atom stereocenters. The van der Waals surface area contributed by atoms with E-state index in [1.807, 2.05) is 0 Å². The normalized spacial score (nSPS) is 14.6. The van der Waals surface area contributed by atoms with E-state index in [0.29, 0.717) is 13.0 Å². The molecule has 49 heavy (non-hydrogen) atoms. The van der Waals surface area contributed by atoms with E-state index in [0.717, 1.165) is 70.6 Å². The highest BCUT2D eigenvalue weighted by Crippen LogP contribution is 2.43. The molecule has 10 heteroatoms. The first-order valence-electron chi connectivity index (χ1n) is 19.5. The van der Waals surface area contributed by atoms with Crippen LogP contribution in [0.1, 0.15) is 162 Å². The van der Waals surface area contributed by atoms with E-state index in [1.165, 1.54) is 64.2 Å². The average Bonchev–Trinajstić information content (AvgIpc) is 3.09. The summed E-state index contributed by atoms with van der Waals surface area (Å²) in [5, 5.41) is 18.3. The second-order valence-corrected chi connectivity index (χ2v) is 14.4. The van der Waals surface area contributed by atoms with E-state index < -0.39 is 39.2 Å². The highest BCUT2D eigenvalue weighted by atomic mass is 31.2. The van der Waals surface area contributed by atoms with Crippen LogP contribution in [0.4, 0.5) is 0 Å². The molecule has 3 atom stereocenters. The summed E-state index contributed by atoms with van der Waals surface area (Å²) in [5.41, 5.74) is 0. The van der Waals surface area contributed by atoms with Crippen LogP contribution in [0.2, 0.25) is 0 Å². The Labute approximate surface area is 299 Å². The van der Waals surface area contributed by atoms with E-state index >= 15 is 0 Å². The fraction of sp³-hybridized carbons (Fsp3) is 0.821. The Bertz CT molecular complexity index is 861. The van der Waals surface area contributed by atoms with Gasteiger partial charge in [-0.15, -0.1) is 0 Å². The maximum absolute atomic E-state index is 12.6. The van der Waals surface area contributed by atoms with Crippen LogP contribution in [-0.4, -0.2) is 66.3 Å². The molecule has 0 saturated carbocycles. The van der Waals surface area contributed by atoms with E-state index in [1.54, 1.807) is 0 Å². The molecule has 0 saturated heterocycles. The van der Waals surface area contributed by atoms with E-state index in [-0.39, 0.29) is 19.6 Å². The second-order valence-electron chi connectivity index (χ2n) is 12.9. The highest BCUT2D eigenvalue weighted by Gasteiger charge is 2.26. The van der Waals surface area contributed by atoms with Gasteiger partial charge >= 0.3 is 13.8 Å². The van der Waals surface area contributed by atoms with Gasteiger partial charge in [0.15, 0.2) is 0 Å². The zero-order valence-corrected chi connectivity index (χ0v) is 32.1. The Morgan fingerprint density at radius 1 is 0.653 bits per heavy atom. The summed E-state index contributed by atoms with van der Waals surface area (Å²) < 4.78 is 33.2. The Hall–Kier alpha value is -1.32. The smallest absolute Gasteiger partial charge is 0.457 e. The van der Waals surface area contributed by atoms with E-state index in [4.69, 9.17) is 23.6 Å². The van der Waals surface area contributed by atoms with Gasteiger partial charge in [0, 0.05) is 13.0 Å². The molecule has 0 spiro atoms. The van der Waals surface area contributed by atoms with Gasteiger partial charge in [0.2, 0.25) is 0 Å². The number of hydrogen-bond donors (Lipinski definition) is 3. The molecule has 0 heterocycles. The Balaban J connectivity index is 4.25. The number of unbranched alkanes of at least 4 members (excludes halogenated alkanes) is 17. The summed E-state index contributed by atoms with van der Waals surface area (Å²) >= 11 is 0. The minimum Gasteiger partial charge on any atom is -0.457 e. The second kappa shape index (κ2) is 36.5. The number of carbonyl (C=O) groups is 1. The van der Waals surface area contributed by atoms with Gasteiger partial charge in [0.1, 0.15) is 12.2 Å². The van der Waals surface area contributed by atoms with Crippen molar-refractivity contribution >= 4 is 13.8 Å². The van der Waals surface area contributed by atoms with Crippen molar-refractivity contribution in [3.05, 3.63) is 36.5 Å². The lowest BCUT2D eigenvalue weighted by Gasteiger charge is -2.20. The molecular formula is C39H73O9P. The van der Waals surface area contributed by atoms with Crippen LogP contribution in [0.15, 0.2) is 36.5 Å². The van der Waals surface area contributed by atoms with Crippen molar-refractivity contribution in [3.8, 4) is 0 Å². The SMILES string of the molecule is CC/C=C\C/C=C\C/C=C\CCCCCCCC(=O)OC(COCCCCCCCCCCCCCCC)COP(=O)(O)OCC(O)CO. The molecule has 0 aromatic rings. The number of aliphatic hydroxyl groups is 2. The molecule has 0 radical (unpaired) electrons. The molecule has 0 aliphatic rings. The van der Waals surface area contributed by atoms with Gasteiger partial charge < -0.3 is 24.6 Å². The standard InChI is InChI=1S/C39H73O9P/c1-3-5-7-9-11-13-15-17-18-19-21-23-25-27-29-31-39(42)48-38(36-47-49(43,44)46-34-37(41)33-40)35-45-32-30-28-26-24-22-20-16-14-12-10-8-6-4-2/h5,7,11,13,17-18,37-38,40-41H,3-4,6,8-10,12,14-16,19-36H2,1-2H3,(H,43,44)/b7-5-,13-11-,18-17-. The number of phosphoric acid groups is 1. The van der Waals surface area contributed by atoms with Gasteiger partial charge in [-0.1, -0.05) is 147 Å². The van der Waals surface area contributed by atoms with Crippen LogP contribution < -0.4 is 0 Å². The van der Waals surface area contributed by atoms with Gasteiger partial charge in [-0.05, 0) is 44.9 Å². The predicted molar refractivity (Wildman–Crippen MR) is 200 cm³/mol. The van der Waals surface area contributed by atoms with Crippen molar-refractivity contribution in [3.63, 3.8) is 0 Å². The first kappa shape index (κ1) is 47.7. The number of rotatable bonds is 37. The molecule has 0 aromatic carbocycles. The molecule has 9 nitrogen and oxygen atoms in total. The number of ether oxygens (including phenoxy) is 2.